The second-order valence-electron chi connectivity index (χ2n) is 13.0. The molecule has 0 amide bonds. The maximum Gasteiger partial charge on any atom is 0.472 e. The topological polar surface area (TPSA) is 303 Å². The monoisotopic (exact) mass is 904 g/mol. The molecule has 0 aromatic rings. The molecule has 22 heteroatoms. The fraction of sp³-hybridized carbons (Fsp3) is 0.632. The van der Waals surface area contributed by atoms with Gasteiger partial charge in [-0.3, -0.25) is 22.9 Å². The van der Waals surface area contributed by atoms with Crippen molar-refractivity contribution in [1.82, 2.24) is 0 Å². The van der Waals surface area contributed by atoms with Gasteiger partial charge < -0.3 is 49.3 Å². The Kier molecular flexibility index (Phi) is 27.0. The minimum Gasteiger partial charge on any atom is -0.456 e. The van der Waals surface area contributed by atoms with Crippen LogP contribution in [0.25, 0.3) is 0 Å². The van der Waals surface area contributed by atoms with Crippen molar-refractivity contribution in [3.63, 3.8) is 0 Å². The summed E-state index contributed by atoms with van der Waals surface area (Å²) >= 11 is 0. The summed E-state index contributed by atoms with van der Waals surface area (Å²) in [5.41, 5.74) is 0. The molecule has 0 heterocycles. The highest BCUT2D eigenvalue weighted by Crippen LogP contribution is 2.51. The van der Waals surface area contributed by atoms with Crippen LogP contribution >= 0.6 is 23.5 Å². The van der Waals surface area contributed by atoms with Crippen LogP contribution in [0.5, 0.6) is 0 Å². The number of hydrogen-bond donors (Lipinski definition) is 8. The van der Waals surface area contributed by atoms with Crippen molar-refractivity contribution in [1.29, 1.82) is 0 Å². The first kappa shape index (κ1) is 54.5. The zero-order valence-electron chi connectivity index (χ0n) is 32.8. The Morgan fingerprint density at radius 1 is 0.583 bits per heavy atom. The van der Waals surface area contributed by atoms with Crippen molar-refractivity contribution in [2.45, 2.75) is 140 Å². The van der Waals surface area contributed by atoms with Crippen molar-refractivity contribution in [3.05, 3.63) is 0 Å². The first-order valence-corrected chi connectivity index (χ1v) is 23.4. The summed E-state index contributed by atoms with van der Waals surface area (Å²) in [7, 11) is -16.7. The largest absolute Gasteiger partial charge is 0.472 e. The molecule has 8 N–H and O–H groups in total. The molecule has 1 rings (SSSR count). The summed E-state index contributed by atoms with van der Waals surface area (Å²) in [5, 5.41) is 31.6. The molecule has 4 unspecified atom stereocenters. The molecular weight excluding hydrogens is 853 g/mol. The number of aliphatic hydroxyl groups is 3. The number of rotatable bonds is 26. The Morgan fingerprint density at radius 3 is 1.50 bits per heavy atom. The van der Waals surface area contributed by atoms with Gasteiger partial charge in [0.25, 0.3) is 0 Å². The van der Waals surface area contributed by atoms with Gasteiger partial charge in [-0.05, 0) is 65.6 Å². The molecule has 1 saturated carbocycles. The smallest absolute Gasteiger partial charge is 0.456 e. The van der Waals surface area contributed by atoms with Crippen molar-refractivity contribution in [2.24, 2.45) is 0 Å². The van der Waals surface area contributed by atoms with Crippen LogP contribution in [0, 0.1) is 71.5 Å². The van der Waals surface area contributed by atoms with E-state index in [1.54, 1.807) is 0 Å². The van der Waals surface area contributed by atoms with Gasteiger partial charge in [-0.1, -0.05) is 84.0 Å². The molecule has 60 heavy (non-hydrogen) atoms. The predicted octanol–water partition coefficient (Wildman–Crippen LogP) is 2.13. The van der Waals surface area contributed by atoms with Crippen LogP contribution in [0.15, 0.2) is 0 Å². The van der Waals surface area contributed by atoms with Crippen LogP contribution in [-0.4, -0.2) is 108 Å². The third-order valence-electron chi connectivity index (χ3n) is 8.14. The van der Waals surface area contributed by atoms with Gasteiger partial charge >= 0.3 is 35.4 Å². The fourth-order valence-corrected chi connectivity index (χ4v) is 7.50. The van der Waals surface area contributed by atoms with Gasteiger partial charge in [-0.25, -0.2) is 18.5 Å². The van der Waals surface area contributed by atoms with E-state index in [0.29, 0.717) is 12.8 Å². The summed E-state index contributed by atoms with van der Waals surface area (Å²) in [6, 6.07) is 0. The Bertz CT molecular complexity index is 1880. The normalized spacial score (nSPS) is 21.1. The number of carbonyl (C=O) groups excluding carboxylic acids is 2. The van der Waals surface area contributed by atoms with Crippen LogP contribution in [-0.2, 0) is 50.9 Å². The highest BCUT2D eigenvalue weighted by molar-refractivity contribution is 7.47. The Labute approximate surface area is 349 Å². The molecule has 1 fully saturated rings. The number of aliphatic hydroxyl groups excluding tert-OH is 3. The van der Waals surface area contributed by atoms with Crippen LogP contribution in [0.3, 0.4) is 0 Å². The number of unbranched alkanes of at least 4 members (excludes halogenated alkanes) is 12. The zero-order valence-corrected chi connectivity index (χ0v) is 35.5. The summed E-state index contributed by atoms with van der Waals surface area (Å²) in [6.45, 7) is 0.365. The minimum atomic E-state index is -5.63. The van der Waals surface area contributed by atoms with E-state index in [1.165, 1.54) is 44.9 Å². The fourth-order valence-electron chi connectivity index (χ4n) is 5.40. The molecule has 0 bridgehead atoms. The second kappa shape index (κ2) is 29.7. The van der Waals surface area contributed by atoms with E-state index in [-0.39, 0.29) is 6.42 Å². The van der Waals surface area contributed by atoms with E-state index in [4.69, 9.17) is 24.9 Å². The lowest BCUT2D eigenvalue weighted by atomic mass is 9.85. The van der Waals surface area contributed by atoms with E-state index in [0.717, 1.165) is 25.7 Å². The molecule has 332 valence electrons. The lowest BCUT2D eigenvalue weighted by Gasteiger charge is -2.44. The molecule has 19 nitrogen and oxygen atoms in total. The summed E-state index contributed by atoms with van der Waals surface area (Å²) in [6.07, 6.45) is 1.93. The molecule has 8 atom stereocenters. The lowest BCUT2D eigenvalue weighted by Crippen LogP contribution is -2.65. The quantitative estimate of drug-likeness (QED) is 0.0203. The first-order valence-electron chi connectivity index (χ1n) is 18.8. The zero-order chi connectivity index (χ0) is 45.0. The van der Waals surface area contributed by atoms with Crippen LogP contribution in [0.4, 0.5) is 0 Å². The van der Waals surface area contributed by atoms with Gasteiger partial charge in [-0.15, -0.1) is 6.42 Å². The highest BCUT2D eigenvalue weighted by Gasteiger charge is 2.56. The number of carbonyl (C=O) groups is 2. The average molecular weight is 905 g/mol. The molecule has 0 saturated heterocycles. The number of hydrogen-bond acceptors (Lipinski definition) is 14. The molecule has 0 spiro atoms. The Morgan fingerprint density at radius 2 is 1.02 bits per heavy atom. The molecule has 1 aliphatic rings. The van der Waals surface area contributed by atoms with Crippen LogP contribution in [0.1, 0.15) is 96.8 Å². The molecule has 0 radical (unpaired) electrons. The predicted molar refractivity (Wildman–Crippen MR) is 211 cm³/mol. The summed E-state index contributed by atoms with van der Waals surface area (Å²) in [4.78, 5) is 72.2. The van der Waals surface area contributed by atoms with Gasteiger partial charge in [0, 0.05) is 12.3 Å². The molecule has 0 aliphatic heterocycles. The first-order chi connectivity index (χ1) is 28.3. The van der Waals surface area contributed by atoms with E-state index < -0.39 is 91.3 Å². The highest BCUT2D eigenvalue weighted by atomic mass is 31.2. The lowest BCUT2D eigenvalue weighted by molar-refractivity contribution is -0.213. The SMILES string of the molecule is C#CC#CC#CC#CC#CC#CC(=O)OC[C@H](COP(=O)(O)OC1C(O)[C@H](OP(=O)(O)O)C(OP(=O)(O)O)[C@H](O)[C@@H]1O)OC(=O)CCCCCCCCCCCCCCC. The third-order valence-corrected chi connectivity index (χ3v) is 10.2. The Balaban J connectivity index is 2.94. The molecule has 0 aromatic heterocycles. The third kappa shape index (κ3) is 26.0. The summed E-state index contributed by atoms with van der Waals surface area (Å²) < 4.78 is 64.4. The number of phosphoric acid groups is 3. The van der Waals surface area contributed by atoms with Gasteiger partial charge in [0.15, 0.2) is 6.10 Å². The van der Waals surface area contributed by atoms with Gasteiger partial charge in [0.1, 0.15) is 43.2 Å². The van der Waals surface area contributed by atoms with Crippen molar-refractivity contribution in [3.8, 4) is 71.5 Å². The molecular formula is C38H51O19P3. The van der Waals surface area contributed by atoms with E-state index in [9.17, 15) is 63.1 Å². The molecule has 0 aromatic carbocycles. The minimum absolute atomic E-state index is 0.0794. The van der Waals surface area contributed by atoms with Gasteiger partial charge in [0.2, 0.25) is 0 Å². The van der Waals surface area contributed by atoms with Crippen molar-refractivity contribution >= 4 is 35.4 Å². The van der Waals surface area contributed by atoms with Crippen LogP contribution < -0.4 is 0 Å². The number of terminal acetylenes is 1. The number of esters is 2. The standard InChI is InChI=1S/C38H51O19P3/c1-3-5-7-9-11-13-15-16-17-19-21-23-25-27-32(40)54-30(28-52-31(39)26-24-22-20-18-14-12-10-8-6-4-2)29-53-60(50,51)57-36-33(41)34(42)37(55-58(44,45)46)38(35(36)43)56-59(47,48)49/h2,30,33-38,41-43H,3,5,7,9,11,13,15-17,19,21,23,25,27-29H2,1H3,(H,50,51)(H2,44,45,46)(H2,47,48,49)/t30-,33+,34-,35?,36?,37?,38+/m1/s1. The van der Waals surface area contributed by atoms with Crippen molar-refractivity contribution < 1.29 is 90.6 Å². The molecule has 1 aliphatic carbocycles. The van der Waals surface area contributed by atoms with Crippen molar-refractivity contribution in [2.75, 3.05) is 13.2 Å². The van der Waals surface area contributed by atoms with E-state index in [2.05, 4.69) is 75.2 Å². The maximum absolute atomic E-state index is 13.0. The van der Waals surface area contributed by atoms with Gasteiger partial charge in [0.05, 0.1) is 6.61 Å². The van der Waals surface area contributed by atoms with Crippen LogP contribution in [0.2, 0.25) is 0 Å². The average Bonchev–Trinajstić information content (AvgIpc) is 3.16. The summed E-state index contributed by atoms with van der Waals surface area (Å²) in [5.74, 6) is 22.8. The van der Waals surface area contributed by atoms with E-state index >= 15 is 0 Å². The maximum atomic E-state index is 13.0. The van der Waals surface area contributed by atoms with E-state index in [1.807, 2.05) is 5.92 Å². The number of ether oxygens (including phenoxy) is 2. The second-order valence-corrected chi connectivity index (χ2v) is 16.8. The van der Waals surface area contributed by atoms with Gasteiger partial charge in [-0.2, -0.15) is 0 Å². The number of phosphoric ester groups is 3. The Hall–Kier alpha value is -3.49.